The topological polar surface area (TPSA) is 94.4 Å². The molecule has 2 aliphatic rings. The Balaban J connectivity index is 0.000000493. The summed E-state index contributed by atoms with van der Waals surface area (Å²) in [6, 6.07) is 13.5. The molecule has 0 aliphatic carbocycles. The highest BCUT2D eigenvalue weighted by Crippen LogP contribution is 2.33. The van der Waals surface area contributed by atoms with Crippen LogP contribution in [0.5, 0.6) is 0 Å². The van der Waals surface area contributed by atoms with Gasteiger partial charge in [0.05, 0.1) is 47.9 Å². The molecule has 2 fully saturated rings. The van der Waals surface area contributed by atoms with Crippen LogP contribution < -0.4 is 5.32 Å². The first-order valence-corrected chi connectivity index (χ1v) is 15.7. The summed E-state index contributed by atoms with van der Waals surface area (Å²) in [5, 5.41) is 8.41. The number of para-hydroxylation sites is 1. The zero-order chi connectivity index (χ0) is 31.3. The van der Waals surface area contributed by atoms with Crippen LogP contribution in [-0.4, -0.2) is 76.1 Å². The molecule has 0 bridgehead atoms. The molecule has 2 aliphatic heterocycles. The Morgan fingerprint density at radius 3 is 2.48 bits per heavy atom. The summed E-state index contributed by atoms with van der Waals surface area (Å²) >= 11 is 0. The molecule has 0 saturated carbocycles. The summed E-state index contributed by atoms with van der Waals surface area (Å²) in [6.07, 6.45) is 4.12. The van der Waals surface area contributed by atoms with E-state index in [1.807, 2.05) is 33.0 Å². The lowest BCUT2D eigenvalue weighted by atomic mass is 9.98. The molecule has 44 heavy (non-hydrogen) atoms. The van der Waals surface area contributed by atoms with Crippen LogP contribution in [0, 0.1) is 20.8 Å². The van der Waals surface area contributed by atoms with Crippen molar-refractivity contribution in [1.29, 1.82) is 0 Å². The molecule has 2 saturated heterocycles. The molecule has 2 aromatic carbocycles. The van der Waals surface area contributed by atoms with E-state index in [-0.39, 0.29) is 5.60 Å². The number of aromatic nitrogens is 4. The standard InChI is InChI=1S/C30H36N6O.C5H10O2/c1-20-17-23(7-8-24(20)19-35-13-15-37-16-14-35)26-5-4-6-27-30(26)33-28(18-32-27)29-21(2)34-36(22(29)3)25-9-11-31-12-10-25;1-5(2,3)7-4-6/h4-8,17-18,25,31H,9-16,19H2,1-3H3;4H,1-3H3. The molecule has 0 spiro atoms. The van der Waals surface area contributed by atoms with Gasteiger partial charge in [-0.2, -0.15) is 5.10 Å². The third-order valence-corrected chi connectivity index (χ3v) is 8.36. The van der Waals surface area contributed by atoms with E-state index in [1.54, 1.807) is 0 Å². The lowest BCUT2D eigenvalue weighted by molar-refractivity contribution is -0.138. The normalized spacial score (nSPS) is 16.4. The number of carbonyl (C=O) groups is 1. The molecule has 0 unspecified atom stereocenters. The number of rotatable bonds is 6. The molecule has 0 radical (unpaired) electrons. The largest absolute Gasteiger partial charge is 0.462 e. The minimum Gasteiger partial charge on any atom is -0.462 e. The third-order valence-electron chi connectivity index (χ3n) is 8.36. The smallest absolute Gasteiger partial charge is 0.293 e. The van der Waals surface area contributed by atoms with Crippen molar-refractivity contribution >= 4 is 17.5 Å². The number of morpholine rings is 1. The van der Waals surface area contributed by atoms with E-state index in [4.69, 9.17) is 19.8 Å². The highest BCUT2D eigenvalue weighted by molar-refractivity contribution is 5.92. The van der Waals surface area contributed by atoms with Gasteiger partial charge in [0.15, 0.2) is 0 Å². The molecule has 234 valence electrons. The number of nitrogens with zero attached hydrogens (tertiary/aromatic N) is 5. The fourth-order valence-electron chi connectivity index (χ4n) is 6.01. The van der Waals surface area contributed by atoms with Crippen molar-refractivity contribution in [3.05, 3.63) is 65.1 Å². The molecule has 4 heterocycles. The fourth-order valence-corrected chi connectivity index (χ4v) is 6.01. The van der Waals surface area contributed by atoms with E-state index in [1.165, 1.54) is 22.4 Å². The Kier molecular flexibility index (Phi) is 10.1. The first-order chi connectivity index (χ1) is 21.1. The predicted molar refractivity (Wildman–Crippen MR) is 175 cm³/mol. The second-order valence-corrected chi connectivity index (χ2v) is 12.8. The minimum absolute atomic E-state index is 0.318. The number of nitrogens with one attached hydrogen (secondary N) is 1. The molecule has 0 amide bonds. The maximum Gasteiger partial charge on any atom is 0.293 e. The van der Waals surface area contributed by atoms with E-state index in [2.05, 4.69) is 70.7 Å². The average molecular weight is 599 g/mol. The molecule has 6 rings (SSSR count). The van der Waals surface area contributed by atoms with Gasteiger partial charge in [0.2, 0.25) is 0 Å². The van der Waals surface area contributed by atoms with Crippen molar-refractivity contribution in [3.8, 4) is 22.4 Å². The van der Waals surface area contributed by atoms with E-state index in [9.17, 15) is 4.79 Å². The lowest BCUT2D eigenvalue weighted by Gasteiger charge is -2.27. The Morgan fingerprint density at radius 2 is 1.82 bits per heavy atom. The zero-order valence-electron chi connectivity index (χ0n) is 27.0. The van der Waals surface area contributed by atoms with Crippen molar-refractivity contribution < 1.29 is 14.3 Å². The lowest BCUT2D eigenvalue weighted by Crippen LogP contribution is -2.35. The molecule has 1 N–H and O–H groups in total. The number of ether oxygens (including phenoxy) is 2. The number of hydrogen-bond donors (Lipinski definition) is 1. The first kappa shape index (κ1) is 31.8. The average Bonchev–Trinajstić information content (AvgIpc) is 3.31. The number of fused-ring (bicyclic) bond motifs is 1. The van der Waals surface area contributed by atoms with Gasteiger partial charge in [-0.3, -0.25) is 19.4 Å². The zero-order valence-corrected chi connectivity index (χ0v) is 27.0. The van der Waals surface area contributed by atoms with Gasteiger partial charge in [-0.15, -0.1) is 0 Å². The maximum atomic E-state index is 9.60. The Hall–Kier alpha value is -3.66. The second-order valence-electron chi connectivity index (χ2n) is 12.8. The van der Waals surface area contributed by atoms with Crippen LogP contribution in [0.25, 0.3) is 33.4 Å². The van der Waals surface area contributed by atoms with Gasteiger partial charge < -0.3 is 14.8 Å². The SMILES string of the molecule is CC(C)(C)OC=O.Cc1cc(-c2cccc3ncc(-c4c(C)nn(C5CCNCC5)c4C)nc23)ccc1CN1CCOCC1. The second kappa shape index (κ2) is 14.0. The monoisotopic (exact) mass is 598 g/mol. The van der Waals surface area contributed by atoms with Crippen LogP contribution in [0.2, 0.25) is 0 Å². The van der Waals surface area contributed by atoms with Crippen LogP contribution in [0.1, 0.15) is 62.2 Å². The van der Waals surface area contributed by atoms with Crippen molar-refractivity contribution in [1.82, 2.24) is 30.0 Å². The molecule has 9 nitrogen and oxygen atoms in total. The summed E-state index contributed by atoms with van der Waals surface area (Å²) in [6.45, 7) is 19.1. The van der Waals surface area contributed by atoms with Crippen LogP contribution in [-0.2, 0) is 20.8 Å². The van der Waals surface area contributed by atoms with E-state index in [0.717, 1.165) is 92.3 Å². The van der Waals surface area contributed by atoms with Crippen LogP contribution in [0.4, 0.5) is 0 Å². The Labute approximate surface area is 261 Å². The quantitative estimate of drug-likeness (QED) is 0.279. The number of benzene rings is 2. The fraction of sp³-hybridized carbons (Fsp3) is 0.486. The summed E-state index contributed by atoms with van der Waals surface area (Å²) in [5.74, 6) is 0. The summed E-state index contributed by atoms with van der Waals surface area (Å²) < 4.78 is 12.3. The highest BCUT2D eigenvalue weighted by Gasteiger charge is 2.23. The van der Waals surface area contributed by atoms with Crippen LogP contribution in [0.3, 0.4) is 0 Å². The first-order valence-electron chi connectivity index (χ1n) is 15.7. The Morgan fingerprint density at radius 1 is 1.07 bits per heavy atom. The van der Waals surface area contributed by atoms with Gasteiger partial charge in [0.25, 0.3) is 6.47 Å². The van der Waals surface area contributed by atoms with E-state index in [0.29, 0.717) is 12.5 Å². The van der Waals surface area contributed by atoms with Gasteiger partial charge in [-0.1, -0.05) is 30.3 Å². The molecular formula is C35H46N6O3. The molecule has 4 aromatic rings. The number of aryl methyl sites for hydroxylation is 2. The van der Waals surface area contributed by atoms with Gasteiger partial charge in [-0.05, 0) is 90.2 Å². The van der Waals surface area contributed by atoms with Crippen LogP contribution >= 0.6 is 0 Å². The molecule has 2 aromatic heterocycles. The molecular weight excluding hydrogens is 552 g/mol. The predicted octanol–water partition coefficient (Wildman–Crippen LogP) is 5.80. The van der Waals surface area contributed by atoms with Gasteiger partial charge >= 0.3 is 0 Å². The minimum atomic E-state index is -0.318. The van der Waals surface area contributed by atoms with Crippen molar-refractivity contribution in [2.75, 3.05) is 39.4 Å². The van der Waals surface area contributed by atoms with Crippen molar-refractivity contribution in [3.63, 3.8) is 0 Å². The number of carbonyl (C=O) groups excluding carboxylic acids is 1. The summed E-state index contributed by atoms with van der Waals surface area (Å²) in [5.41, 5.74) is 10.7. The van der Waals surface area contributed by atoms with Gasteiger partial charge in [0.1, 0.15) is 5.60 Å². The van der Waals surface area contributed by atoms with Crippen molar-refractivity contribution in [2.24, 2.45) is 0 Å². The summed E-state index contributed by atoms with van der Waals surface area (Å²) in [7, 11) is 0. The third kappa shape index (κ3) is 7.52. The van der Waals surface area contributed by atoms with E-state index < -0.39 is 0 Å². The molecule has 0 atom stereocenters. The van der Waals surface area contributed by atoms with Gasteiger partial charge in [0, 0.05) is 36.5 Å². The Bertz CT molecular complexity index is 1580. The number of piperidine rings is 1. The van der Waals surface area contributed by atoms with Crippen LogP contribution in [0.15, 0.2) is 42.6 Å². The maximum absolute atomic E-state index is 9.60. The van der Waals surface area contributed by atoms with Crippen molar-refractivity contribution in [2.45, 2.75) is 72.6 Å². The highest BCUT2D eigenvalue weighted by atomic mass is 16.5. The number of hydrogen-bond acceptors (Lipinski definition) is 8. The summed E-state index contributed by atoms with van der Waals surface area (Å²) in [4.78, 5) is 22.1. The van der Waals surface area contributed by atoms with E-state index >= 15 is 0 Å². The van der Waals surface area contributed by atoms with Gasteiger partial charge in [-0.25, -0.2) is 4.98 Å². The molecule has 9 heteroatoms.